The van der Waals surface area contributed by atoms with Crippen LogP contribution in [0.5, 0.6) is 0 Å². The van der Waals surface area contributed by atoms with Crippen LogP contribution in [-0.2, 0) is 24.7 Å². The third-order valence-corrected chi connectivity index (χ3v) is 17.4. The number of nitriles is 1. The van der Waals surface area contributed by atoms with Crippen molar-refractivity contribution in [3.8, 4) is 84.2 Å². The summed E-state index contributed by atoms with van der Waals surface area (Å²) in [7, 11) is 0. The lowest BCUT2D eigenvalue weighted by molar-refractivity contribution is -0.143. The number of fused-ring (bicyclic) bond motifs is 6. The van der Waals surface area contributed by atoms with Gasteiger partial charge in [-0.3, -0.25) is 0 Å². The Bertz CT molecular complexity index is 5370. The van der Waals surface area contributed by atoms with Crippen molar-refractivity contribution in [3.05, 3.63) is 267 Å². The van der Waals surface area contributed by atoms with Crippen LogP contribution in [0.2, 0.25) is 0 Å². The molecule has 2 aromatic heterocycles. The van der Waals surface area contributed by atoms with Crippen LogP contribution in [0.15, 0.2) is 200 Å². The smallest absolute Gasteiger partial charge is 0.309 e. The second-order valence-electron chi connectivity index (χ2n) is 23.4. The van der Waals surface area contributed by atoms with Gasteiger partial charge in [0.15, 0.2) is 5.69 Å². The molecule has 0 saturated heterocycles. The minimum atomic E-state index is -5.22. The molecule has 13 rings (SSSR count). The standard InChI is InChI=1S/C77H48F12N4/c1-41-7-18-56(43(3)29-41)46-10-26-71-65(34-46)66-35-48(58-21-14-52(32-45(58)5)75(81,82)83)11-27-72(66)93(71)73-28-16-54(91-6)38-67(73)62-39-55(17-23-61(62)59-19-8-42(2)30-50(59)40-90)92-69-24-9-47(57-20-13-51(31-44(57)4)74(78,79)80)33-63(69)64-36-49(12-25-70(64)92)60-22-15-53(76(84,85)86)37-68(60)77(87,88)89/h7-39H,1-5H3. The Kier molecular flexibility index (Phi) is 14.6. The fourth-order valence-corrected chi connectivity index (χ4v) is 13.0. The zero-order chi connectivity index (χ0) is 66.0. The van der Waals surface area contributed by atoms with E-state index in [2.05, 4.69) is 33.7 Å². The van der Waals surface area contributed by atoms with E-state index in [-0.39, 0.29) is 22.9 Å². The van der Waals surface area contributed by atoms with Crippen LogP contribution < -0.4 is 0 Å². The number of aromatic nitrogens is 2. The third kappa shape index (κ3) is 10.9. The fourth-order valence-electron chi connectivity index (χ4n) is 13.0. The van der Waals surface area contributed by atoms with Crippen molar-refractivity contribution in [1.29, 1.82) is 5.26 Å². The molecular weight excluding hydrogens is 1210 g/mol. The molecule has 16 heteroatoms. The van der Waals surface area contributed by atoms with Crippen LogP contribution in [0.4, 0.5) is 58.4 Å². The molecule has 0 atom stereocenters. The molecule has 0 aliphatic heterocycles. The first kappa shape index (κ1) is 61.0. The number of hydrogen-bond acceptors (Lipinski definition) is 1. The first-order valence-electron chi connectivity index (χ1n) is 29.1. The van der Waals surface area contributed by atoms with Crippen LogP contribution in [0.3, 0.4) is 0 Å². The highest BCUT2D eigenvalue weighted by molar-refractivity contribution is 6.14. The molecule has 11 aromatic carbocycles. The van der Waals surface area contributed by atoms with E-state index in [0.29, 0.717) is 100 Å². The highest BCUT2D eigenvalue weighted by atomic mass is 19.4. The number of nitrogens with zero attached hydrogens (tertiary/aromatic N) is 4. The van der Waals surface area contributed by atoms with Crippen molar-refractivity contribution in [2.75, 3.05) is 0 Å². The highest BCUT2D eigenvalue weighted by Gasteiger charge is 2.39. The van der Waals surface area contributed by atoms with Crippen LogP contribution in [0.25, 0.3) is 127 Å². The van der Waals surface area contributed by atoms with Gasteiger partial charge in [0, 0.05) is 32.8 Å². The molecule has 2 heterocycles. The molecule has 0 N–H and O–H groups in total. The maximum absolute atomic E-state index is 14.9. The van der Waals surface area contributed by atoms with Crippen LogP contribution >= 0.6 is 0 Å². The van der Waals surface area contributed by atoms with E-state index < -0.39 is 52.5 Å². The molecule has 0 aliphatic carbocycles. The minimum Gasteiger partial charge on any atom is -0.309 e. The molecule has 0 spiro atoms. The number of rotatable bonds is 8. The zero-order valence-corrected chi connectivity index (χ0v) is 49.9. The molecule has 460 valence electrons. The topological polar surface area (TPSA) is 38.0 Å². The maximum Gasteiger partial charge on any atom is 0.417 e. The Morgan fingerprint density at radius 1 is 0.344 bits per heavy atom. The summed E-state index contributed by atoms with van der Waals surface area (Å²) in [5, 5.41) is 13.1. The quantitative estimate of drug-likeness (QED) is 0.110. The van der Waals surface area contributed by atoms with Crippen LogP contribution in [0.1, 0.15) is 55.6 Å². The summed E-state index contributed by atoms with van der Waals surface area (Å²) < 4.78 is 175. The van der Waals surface area contributed by atoms with Gasteiger partial charge < -0.3 is 9.13 Å². The van der Waals surface area contributed by atoms with Gasteiger partial charge in [-0.15, -0.1) is 0 Å². The van der Waals surface area contributed by atoms with E-state index in [1.807, 2.05) is 92.1 Å². The lowest BCUT2D eigenvalue weighted by atomic mass is 9.89. The van der Waals surface area contributed by atoms with Crippen molar-refractivity contribution in [3.63, 3.8) is 0 Å². The van der Waals surface area contributed by atoms with Crippen molar-refractivity contribution in [2.24, 2.45) is 0 Å². The Hall–Kier alpha value is -10.8. The van der Waals surface area contributed by atoms with E-state index >= 15 is 0 Å². The third-order valence-electron chi connectivity index (χ3n) is 17.4. The molecule has 93 heavy (non-hydrogen) atoms. The van der Waals surface area contributed by atoms with Crippen molar-refractivity contribution in [1.82, 2.24) is 9.13 Å². The van der Waals surface area contributed by atoms with Crippen molar-refractivity contribution < 1.29 is 52.7 Å². The van der Waals surface area contributed by atoms with Crippen LogP contribution in [0, 0.1) is 52.5 Å². The number of halogens is 12. The molecule has 0 radical (unpaired) electrons. The van der Waals surface area contributed by atoms with Crippen LogP contribution in [-0.4, -0.2) is 9.13 Å². The molecule has 4 nitrogen and oxygen atoms in total. The predicted octanol–water partition coefficient (Wildman–Crippen LogP) is 23.9. The van der Waals surface area contributed by atoms with E-state index in [1.165, 1.54) is 31.2 Å². The summed E-state index contributed by atoms with van der Waals surface area (Å²) in [6, 6.07) is 54.5. The number of benzene rings is 11. The molecule has 0 aliphatic rings. The second-order valence-corrected chi connectivity index (χ2v) is 23.4. The average molecular weight is 1260 g/mol. The number of hydrogen-bond donors (Lipinski definition) is 0. The van der Waals surface area contributed by atoms with Gasteiger partial charge in [-0.05, 0) is 233 Å². The molecule has 0 bridgehead atoms. The zero-order valence-electron chi connectivity index (χ0n) is 49.9. The highest BCUT2D eigenvalue weighted by Crippen LogP contribution is 2.48. The summed E-state index contributed by atoms with van der Waals surface area (Å²) in [5.41, 5.74) is 8.33. The van der Waals surface area contributed by atoms with Crippen molar-refractivity contribution in [2.45, 2.75) is 59.3 Å². The Labute approximate surface area is 524 Å². The van der Waals surface area contributed by atoms with Gasteiger partial charge in [-0.1, -0.05) is 90.5 Å². The average Bonchev–Trinajstić information content (AvgIpc) is 1.62. The second kappa shape index (κ2) is 22.2. The van der Waals surface area contributed by atoms with E-state index in [1.54, 1.807) is 55.5 Å². The molecule has 0 amide bonds. The van der Waals surface area contributed by atoms with Gasteiger partial charge in [-0.25, -0.2) is 4.85 Å². The lowest BCUT2D eigenvalue weighted by Crippen LogP contribution is -2.12. The van der Waals surface area contributed by atoms with Gasteiger partial charge in [0.2, 0.25) is 0 Å². The molecule has 0 saturated carbocycles. The lowest BCUT2D eigenvalue weighted by Gasteiger charge is -2.20. The predicted molar refractivity (Wildman–Crippen MR) is 342 cm³/mol. The maximum atomic E-state index is 14.9. The van der Waals surface area contributed by atoms with Gasteiger partial charge in [0.25, 0.3) is 0 Å². The van der Waals surface area contributed by atoms with Gasteiger partial charge >= 0.3 is 24.7 Å². The van der Waals surface area contributed by atoms with Crippen molar-refractivity contribution >= 4 is 49.3 Å². The Balaban J connectivity index is 1.09. The first-order chi connectivity index (χ1) is 44.1. The first-order valence-corrected chi connectivity index (χ1v) is 29.1. The minimum absolute atomic E-state index is 0.0741. The van der Waals surface area contributed by atoms with E-state index in [4.69, 9.17) is 6.57 Å². The summed E-state index contributed by atoms with van der Waals surface area (Å²) in [6.45, 7) is 17.4. The summed E-state index contributed by atoms with van der Waals surface area (Å²) >= 11 is 0. The number of alkyl halides is 12. The van der Waals surface area contributed by atoms with Gasteiger partial charge in [-0.2, -0.15) is 57.9 Å². The van der Waals surface area contributed by atoms with Gasteiger partial charge in [0.1, 0.15) is 0 Å². The summed E-state index contributed by atoms with van der Waals surface area (Å²) in [4.78, 5) is 3.90. The largest absolute Gasteiger partial charge is 0.417 e. The SMILES string of the molecule is [C-]#[N+]c1ccc(-n2c3ccc(-c4ccc(C)cc4C)cc3c3cc(-c4ccc(C(F)(F)F)cc4C)ccc32)c(-c2cc(-n3c4ccc(-c5ccc(C(F)(F)F)cc5C)cc4c4cc(-c5ccc(C(F)(F)F)cc5C(F)(F)F)ccc43)ccc2-c2ccc(C)cc2C#N)c1. The fraction of sp³-hybridized carbons (Fsp3) is 0.117. The monoisotopic (exact) mass is 1260 g/mol. The van der Waals surface area contributed by atoms with E-state index in [0.717, 1.165) is 74.4 Å². The Morgan fingerprint density at radius 3 is 1.19 bits per heavy atom. The normalized spacial score (nSPS) is 12.3. The van der Waals surface area contributed by atoms with E-state index in [9.17, 15) is 57.9 Å². The Morgan fingerprint density at radius 2 is 0.753 bits per heavy atom. The summed E-state index contributed by atoms with van der Waals surface area (Å²) in [5.74, 6) is 0. The molecule has 13 aromatic rings. The molecular formula is C77H48F12N4. The number of aryl methyl sites for hydroxylation is 5. The molecule has 0 unspecified atom stereocenters. The summed E-state index contributed by atoms with van der Waals surface area (Å²) in [6.07, 6.45) is -19.5. The molecule has 0 fully saturated rings. The van der Waals surface area contributed by atoms with Gasteiger partial charge in [0.05, 0.1) is 68.2 Å².